The molecule has 0 heterocycles. The molecule has 1 atom stereocenters. The summed E-state index contributed by atoms with van der Waals surface area (Å²) in [5, 5.41) is 3.22. The number of carbonyl (C=O) groups is 1. The molecule has 0 bridgehead atoms. The zero-order valence-corrected chi connectivity index (χ0v) is 11.0. The molecule has 0 radical (unpaired) electrons. The minimum absolute atomic E-state index is 0.506. The Morgan fingerprint density at radius 1 is 1.44 bits per heavy atom. The molecule has 1 aromatic carbocycles. The molecule has 1 amide bonds. The normalized spacial score (nSPS) is 11.9. The fourth-order valence-corrected chi connectivity index (χ4v) is 1.44. The molecule has 0 fully saturated rings. The maximum Gasteiger partial charge on any atom is 0.258 e. The highest BCUT2D eigenvalue weighted by Crippen LogP contribution is 2.28. The van der Waals surface area contributed by atoms with E-state index in [1.807, 2.05) is 19.1 Å². The minimum atomic E-state index is -0.682. The molecule has 0 aliphatic heterocycles. The quantitative estimate of drug-likeness (QED) is 0.761. The summed E-state index contributed by atoms with van der Waals surface area (Å²) in [7, 11) is 1.56. The van der Waals surface area contributed by atoms with Crippen molar-refractivity contribution in [2.75, 3.05) is 13.7 Å². The Balaban J connectivity index is 2.82. The van der Waals surface area contributed by atoms with Gasteiger partial charge in [0.15, 0.2) is 17.6 Å². The molecular weight excluding hydrogens is 232 g/mol. The molecule has 0 aliphatic rings. The maximum absolute atomic E-state index is 11.0. The van der Waals surface area contributed by atoms with E-state index in [0.29, 0.717) is 11.5 Å². The van der Waals surface area contributed by atoms with E-state index in [1.54, 1.807) is 20.1 Å². The first kappa shape index (κ1) is 14.3. The van der Waals surface area contributed by atoms with Gasteiger partial charge in [0.25, 0.3) is 5.91 Å². The van der Waals surface area contributed by atoms with Crippen LogP contribution in [0.2, 0.25) is 0 Å². The lowest BCUT2D eigenvalue weighted by Gasteiger charge is -2.15. The standard InChI is InChI=1S/C13H20N2O3/c1-4-15-8-10-5-6-11(12(7-10)17-3)18-9(2)13(14)16/h5-7,9,15H,4,8H2,1-3H3,(H2,14,16). The van der Waals surface area contributed by atoms with Gasteiger partial charge in [-0.15, -0.1) is 0 Å². The number of benzene rings is 1. The SMILES string of the molecule is CCNCc1ccc(OC(C)C(N)=O)c(OC)c1. The van der Waals surface area contributed by atoms with E-state index in [2.05, 4.69) is 5.32 Å². The van der Waals surface area contributed by atoms with Crippen molar-refractivity contribution in [2.45, 2.75) is 26.5 Å². The number of nitrogens with two attached hydrogens (primary N) is 1. The monoisotopic (exact) mass is 252 g/mol. The molecule has 5 heteroatoms. The largest absolute Gasteiger partial charge is 0.493 e. The van der Waals surface area contributed by atoms with Crippen molar-refractivity contribution in [1.29, 1.82) is 0 Å². The highest BCUT2D eigenvalue weighted by Gasteiger charge is 2.13. The van der Waals surface area contributed by atoms with E-state index in [-0.39, 0.29) is 0 Å². The molecule has 3 N–H and O–H groups in total. The van der Waals surface area contributed by atoms with Gasteiger partial charge in [-0.25, -0.2) is 0 Å². The third kappa shape index (κ3) is 3.92. The van der Waals surface area contributed by atoms with E-state index >= 15 is 0 Å². The number of rotatable bonds is 7. The first-order valence-electron chi connectivity index (χ1n) is 5.92. The zero-order valence-electron chi connectivity index (χ0n) is 11.0. The lowest BCUT2D eigenvalue weighted by Crippen LogP contribution is -2.30. The van der Waals surface area contributed by atoms with Gasteiger partial charge in [0.1, 0.15) is 0 Å². The Hall–Kier alpha value is -1.75. The van der Waals surface area contributed by atoms with E-state index in [4.69, 9.17) is 15.2 Å². The van der Waals surface area contributed by atoms with Crippen LogP contribution < -0.4 is 20.5 Å². The van der Waals surface area contributed by atoms with Crippen molar-refractivity contribution in [3.8, 4) is 11.5 Å². The fourth-order valence-electron chi connectivity index (χ4n) is 1.44. The smallest absolute Gasteiger partial charge is 0.258 e. The van der Waals surface area contributed by atoms with Crippen molar-refractivity contribution in [3.63, 3.8) is 0 Å². The van der Waals surface area contributed by atoms with E-state index in [1.165, 1.54) is 0 Å². The Morgan fingerprint density at radius 2 is 2.17 bits per heavy atom. The van der Waals surface area contributed by atoms with E-state index in [9.17, 15) is 4.79 Å². The lowest BCUT2D eigenvalue weighted by molar-refractivity contribution is -0.124. The summed E-state index contributed by atoms with van der Waals surface area (Å²) in [6.07, 6.45) is -0.682. The predicted octanol–water partition coefficient (Wildman–Crippen LogP) is 1.06. The third-order valence-corrected chi connectivity index (χ3v) is 2.51. The number of methoxy groups -OCH3 is 1. The van der Waals surface area contributed by atoms with Gasteiger partial charge in [0, 0.05) is 6.54 Å². The molecule has 1 rings (SSSR count). The molecule has 1 unspecified atom stereocenters. The van der Waals surface area contributed by atoms with Crippen molar-refractivity contribution < 1.29 is 14.3 Å². The van der Waals surface area contributed by atoms with Gasteiger partial charge in [0.05, 0.1) is 7.11 Å². The first-order chi connectivity index (χ1) is 8.58. The van der Waals surface area contributed by atoms with Crippen LogP contribution >= 0.6 is 0 Å². The predicted molar refractivity (Wildman–Crippen MR) is 69.7 cm³/mol. The number of nitrogens with one attached hydrogen (secondary N) is 1. The summed E-state index contributed by atoms with van der Waals surface area (Å²) >= 11 is 0. The van der Waals surface area contributed by atoms with Crippen LogP contribution in [0.5, 0.6) is 11.5 Å². The molecule has 0 spiro atoms. The second kappa shape index (κ2) is 6.86. The molecule has 1 aromatic rings. The molecule has 0 saturated carbocycles. The third-order valence-electron chi connectivity index (χ3n) is 2.51. The molecule has 0 aromatic heterocycles. The van der Waals surface area contributed by atoms with Crippen LogP contribution in [0, 0.1) is 0 Å². The Morgan fingerprint density at radius 3 is 2.72 bits per heavy atom. The summed E-state index contributed by atoms with van der Waals surface area (Å²) in [5.41, 5.74) is 6.25. The average molecular weight is 252 g/mol. The summed E-state index contributed by atoms with van der Waals surface area (Å²) < 4.78 is 10.7. The summed E-state index contributed by atoms with van der Waals surface area (Å²) in [6, 6.07) is 5.59. The molecular formula is C13H20N2O3. The molecule has 0 saturated heterocycles. The van der Waals surface area contributed by atoms with Crippen LogP contribution in [0.25, 0.3) is 0 Å². The highest BCUT2D eigenvalue weighted by atomic mass is 16.5. The van der Waals surface area contributed by atoms with E-state index in [0.717, 1.165) is 18.7 Å². The van der Waals surface area contributed by atoms with Crippen LogP contribution in [-0.2, 0) is 11.3 Å². The second-order valence-electron chi connectivity index (χ2n) is 3.93. The van der Waals surface area contributed by atoms with Gasteiger partial charge in [-0.1, -0.05) is 13.0 Å². The Labute approximate surface area is 107 Å². The zero-order chi connectivity index (χ0) is 13.5. The van der Waals surface area contributed by atoms with Crippen molar-refractivity contribution >= 4 is 5.91 Å². The second-order valence-corrected chi connectivity index (χ2v) is 3.93. The summed E-state index contributed by atoms with van der Waals surface area (Å²) in [4.78, 5) is 11.0. The van der Waals surface area contributed by atoms with Crippen molar-refractivity contribution in [3.05, 3.63) is 23.8 Å². The first-order valence-corrected chi connectivity index (χ1v) is 5.92. The molecule has 18 heavy (non-hydrogen) atoms. The maximum atomic E-state index is 11.0. The average Bonchev–Trinajstić information content (AvgIpc) is 2.37. The van der Waals surface area contributed by atoms with Gasteiger partial charge in [-0.3, -0.25) is 4.79 Å². The number of primary amides is 1. The molecule has 5 nitrogen and oxygen atoms in total. The van der Waals surface area contributed by atoms with Crippen LogP contribution in [0.15, 0.2) is 18.2 Å². The number of hydrogen-bond donors (Lipinski definition) is 2. The highest BCUT2D eigenvalue weighted by molar-refractivity contribution is 5.78. The van der Waals surface area contributed by atoms with Gasteiger partial charge in [-0.05, 0) is 31.2 Å². The number of carbonyl (C=O) groups excluding carboxylic acids is 1. The van der Waals surface area contributed by atoms with Crippen molar-refractivity contribution in [2.24, 2.45) is 5.73 Å². The van der Waals surface area contributed by atoms with Crippen LogP contribution in [-0.4, -0.2) is 25.7 Å². The fraction of sp³-hybridized carbons (Fsp3) is 0.462. The molecule has 100 valence electrons. The number of hydrogen-bond acceptors (Lipinski definition) is 4. The van der Waals surface area contributed by atoms with Crippen molar-refractivity contribution in [1.82, 2.24) is 5.32 Å². The number of ether oxygens (including phenoxy) is 2. The van der Waals surface area contributed by atoms with Gasteiger partial charge in [-0.2, -0.15) is 0 Å². The van der Waals surface area contributed by atoms with E-state index < -0.39 is 12.0 Å². The van der Waals surface area contributed by atoms with Crippen LogP contribution in [0.4, 0.5) is 0 Å². The lowest BCUT2D eigenvalue weighted by atomic mass is 10.2. The number of amides is 1. The summed E-state index contributed by atoms with van der Waals surface area (Å²) in [6.45, 7) is 5.31. The minimum Gasteiger partial charge on any atom is -0.493 e. The van der Waals surface area contributed by atoms with Gasteiger partial charge >= 0.3 is 0 Å². The Kier molecular flexibility index (Phi) is 5.45. The van der Waals surface area contributed by atoms with Crippen LogP contribution in [0.3, 0.4) is 0 Å². The molecule has 0 aliphatic carbocycles. The topological polar surface area (TPSA) is 73.6 Å². The summed E-state index contributed by atoms with van der Waals surface area (Å²) in [5.74, 6) is 0.608. The van der Waals surface area contributed by atoms with Gasteiger partial charge < -0.3 is 20.5 Å². The van der Waals surface area contributed by atoms with Crippen LogP contribution in [0.1, 0.15) is 19.4 Å². The Bertz CT molecular complexity index is 407. The van der Waals surface area contributed by atoms with Gasteiger partial charge in [0.2, 0.25) is 0 Å².